The van der Waals surface area contributed by atoms with E-state index in [1.54, 1.807) is 41.2 Å². The Morgan fingerprint density at radius 3 is 2.21 bits per heavy atom. The second-order valence-electron chi connectivity index (χ2n) is 8.78. The lowest BCUT2D eigenvalue weighted by Gasteiger charge is -2.32. The summed E-state index contributed by atoms with van der Waals surface area (Å²) < 4.78 is 5.14. The summed E-state index contributed by atoms with van der Waals surface area (Å²) in [6.07, 6.45) is 1.01. The fraction of sp³-hybridized carbons (Fsp3) is 0.591. The van der Waals surface area contributed by atoms with E-state index in [0.29, 0.717) is 44.0 Å². The molecule has 7 heteroatoms. The van der Waals surface area contributed by atoms with Gasteiger partial charge in [0.25, 0.3) is 5.91 Å². The van der Waals surface area contributed by atoms with Gasteiger partial charge in [0.1, 0.15) is 5.75 Å². The van der Waals surface area contributed by atoms with E-state index >= 15 is 0 Å². The van der Waals surface area contributed by atoms with E-state index in [-0.39, 0.29) is 35.6 Å². The van der Waals surface area contributed by atoms with E-state index in [2.05, 4.69) is 0 Å². The highest BCUT2D eigenvalue weighted by Gasteiger charge is 2.41. The monoisotopic (exact) mass is 401 g/mol. The molecule has 1 atom stereocenters. The molecule has 0 spiro atoms. The molecule has 1 aromatic carbocycles. The molecule has 1 unspecified atom stereocenters. The fourth-order valence-electron chi connectivity index (χ4n) is 4.04. The largest absolute Gasteiger partial charge is 0.497 e. The summed E-state index contributed by atoms with van der Waals surface area (Å²) in [5, 5.41) is 0. The van der Waals surface area contributed by atoms with Crippen LogP contribution in [-0.2, 0) is 9.59 Å². The molecular formula is C22H31N3O4. The van der Waals surface area contributed by atoms with Crippen LogP contribution in [0.25, 0.3) is 0 Å². The van der Waals surface area contributed by atoms with Gasteiger partial charge >= 0.3 is 0 Å². The van der Waals surface area contributed by atoms with Gasteiger partial charge in [-0.1, -0.05) is 0 Å². The van der Waals surface area contributed by atoms with Crippen LogP contribution in [0, 0.1) is 5.92 Å². The van der Waals surface area contributed by atoms with Gasteiger partial charge in [-0.3, -0.25) is 14.4 Å². The quantitative estimate of drug-likeness (QED) is 0.777. The minimum absolute atomic E-state index is 0.0306. The smallest absolute Gasteiger partial charge is 0.253 e. The summed E-state index contributed by atoms with van der Waals surface area (Å²) in [6, 6.07) is 7.08. The highest BCUT2D eigenvalue weighted by molar-refractivity contribution is 5.94. The van der Waals surface area contributed by atoms with Crippen molar-refractivity contribution >= 4 is 17.7 Å². The molecule has 0 saturated carbocycles. The topological polar surface area (TPSA) is 70.2 Å². The Labute approximate surface area is 172 Å². The first-order chi connectivity index (χ1) is 13.7. The number of carbonyl (C=O) groups excluding carboxylic acids is 3. The molecule has 0 bridgehead atoms. The average Bonchev–Trinajstić information content (AvgIpc) is 2.94. The van der Waals surface area contributed by atoms with Crippen molar-refractivity contribution in [1.82, 2.24) is 14.7 Å². The van der Waals surface area contributed by atoms with Crippen LogP contribution in [0.4, 0.5) is 0 Å². The van der Waals surface area contributed by atoms with E-state index in [1.165, 1.54) is 0 Å². The molecule has 29 heavy (non-hydrogen) atoms. The van der Waals surface area contributed by atoms with E-state index < -0.39 is 0 Å². The van der Waals surface area contributed by atoms with Crippen molar-refractivity contribution in [3.05, 3.63) is 29.8 Å². The number of rotatable bonds is 3. The van der Waals surface area contributed by atoms with Crippen molar-refractivity contribution < 1.29 is 19.1 Å². The molecule has 2 saturated heterocycles. The third-order valence-corrected chi connectivity index (χ3v) is 5.72. The maximum Gasteiger partial charge on any atom is 0.253 e. The molecule has 0 aliphatic carbocycles. The van der Waals surface area contributed by atoms with Gasteiger partial charge in [-0.15, -0.1) is 0 Å². The number of amides is 3. The lowest BCUT2D eigenvalue weighted by atomic mass is 10.1. The summed E-state index contributed by atoms with van der Waals surface area (Å²) >= 11 is 0. The molecule has 2 aliphatic rings. The predicted molar refractivity (Wildman–Crippen MR) is 110 cm³/mol. The van der Waals surface area contributed by atoms with Crippen LogP contribution in [0.2, 0.25) is 0 Å². The van der Waals surface area contributed by atoms with Gasteiger partial charge in [-0.2, -0.15) is 0 Å². The number of hydrogen-bond donors (Lipinski definition) is 0. The summed E-state index contributed by atoms with van der Waals surface area (Å²) in [7, 11) is 1.59. The van der Waals surface area contributed by atoms with Gasteiger partial charge in [0.05, 0.1) is 13.0 Å². The van der Waals surface area contributed by atoms with Crippen LogP contribution in [-0.4, -0.2) is 77.8 Å². The minimum Gasteiger partial charge on any atom is -0.497 e. The van der Waals surface area contributed by atoms with Crippen LogP contribution in [0.1, 0.15) is 44.0 Å². The van der Waals surface area contributed by atoms with Gasteiger partial charge in [-0.05, 0) is 51.5 Å². The Kier molecular flexibility index (Phi) is 6.15. The van der Waals surface area contributed by atoms with Crippen molar-refractivity contribution in [3.63, 3.8) is 0 Å². The molecule has 2 heterocycles. The zero-order chi connectivity index (χ0) is 21.2. The molecular weight excluding hydrogens is 370 g/mol. The van der Waals surface area contributed by atoms with Crippen molar-refractivity contribution in [3.8, 4) is 5.75 Å². The average molecular weight is 402 g/mol. The first-order valence-corrected chi connectivity index (χ1v) is 10.2. The molecule has 158 valence electrons. The standard InChI is InChI=1S/C22H31N3O4/c1-22(2,3)25-15-17(14-19(25)26)21(28)24-11-5-10-23(12-13-24)20(27)16-6-8-18(29-4)9-7-16/h6-9,17H,5,10-15H2,1-4H3. The van der Waals surface area contributed by atoms with Gasteiger partial charge in [0.15, 0.2) is 0 Å². The van der Waals surface area contributed by atoms with Gasteiger partial charge in [0.2, 0.25) is 11.8 Å². The fourth-order valence-corrected chi connectivity index (χ4v) is 4.04. The van der Waals surface area contributed by atoms with Crippen LogP contribution in [0.3, 0.4) is 0 Å². The molecule has 0 aromatic heterocycles. The van der Waals surface area contributed by atoms with E-state index in [9.17, 15) is 14.4 Å². The third-order valence-electron chi connectivity index (χ3n) is 5.72. The maximum atomic E-state index is 13.0. The number of nitrogens with zero attached hydrogens (tertiary/aromatic N) is 3. The van der Waals surface area contributed by atoms with E-state index in [4.69, 9.17) is 4.74 Å². The van der Waals surface area contributed by atoms with Crippen LogP contribution < -0.4 is 4.74 Å². The maximum absolute atomic E-state index is 13.0. The van der Waals surface area contributed by atoms with Crippen LogP contribution in [0.5, 0.6) is 5.75 Å². The normalized spacial score (nSPS) is 20.6. The highest BCUT2D eigenvalue weighted by Crippen LogP contribution is 2.27. The highest BCUT2D eigenvalue weighted by atomic mass is 16.5. The first kappa shape index (κ1) is 21.1. The number of likely N-dealkylation sites (tertiary alicyclic amines) is 1. The van der Waals surface area contributed by atoms with Crippen molar-refractivity contribution in [2.24, 2.45) is 5.92 Å². The zero-order valence-corrected chi connectivity index (χ0v) is 17.8. The Balaban J connectivity index is 1.60. The third kappa shape index (κ3) is 4.71. The molecule has 3 rings (SSSR count). The van der Waals surface area contributed by atoms with Crippen molar-refractivity contribution in [2.45, 2.75) is 39.2 Å². The first-order valence-electron chi connectivity index (χ1n) is 10.2. The summed E-state index contributed by atoms with van der Waals surface area (Å²) in [5.74, 6) is 0.470. The SMILES string of the molecule is COc1ccc(C(=O)N2CCCN(C(=O)C3CC(=O)N(C(C)(C)C)C3)CC2)cc1. The molecule has 7 nitrogen and oxygen atoms in total. The van der Waals surface area contributed by atoms with Crippen molar-refractivity contribution in [1.29, 1.82) is 0 Å². The Hall–Kier alpha value is -2.57. The van der Waals surface area contributed by atoms with Crippen molar-refractivity contribution in [2.75, 3.05) is 39.8 Å². The Morgan fingerprint density at radius 1 is 1.00 bits per heavy atom. The van der Waals surface area contributed by atoms with Crippen LogP contribution >= 0.6 is 0 Å². The molecule has 1 aromatic rings. The number of ether oxygens (including phenoxy) is 1. The summed E-state index contributed by atoms with van der Waals surface area (Å²) in [5.41, 5.74) is 0.347. The zero-order valence-electron chi connectivity index (χ0n) is 17.8. The lowest BCUT2D eigenvalue weighted by molar-refractivity contribution is -0.135. The van der Waals surface area contributed by atoms with Gasteiger partial charge < -0.3 is 19.4 Å². The molecule has 0 radical (unpaired) electrons. The Morgan fingerprint density at radius 2 is 1.62 bits per heavy atom. The number of methoxy groups -OCH3 is 1. The predicted octanol–water partition coefficient (Wildman–Crippen LogP) is 2.02. The van der Waals surface area contributed by atoms with E-state index in [1.807, 2.05) is 25.7 Å². The molecule has 2 aliphatic heterocycles. The van der Waals surface area contributed by atoms with Crippen LogP contribution in [0.15, 0.2) is 24.3 Å². The minimum atomic E-state index is -0.287. The second-order valence-corrected chi connectivity index (χ2v) is 8.78. The Bertz CT molecular complexity index is 769. The number of benzene rings is 1. The second kappa shape index (κ2) is 8.43. The summed E-state index contributed by atoms with van der Waals surface area (Å²) in [6.45, 7) is 8.69. The summed E-state index contributed by atoms with van der Waals surface area (Å²) in [4.78, 5) is 43.6. The number of carbonyl (C=O) groups is 3. The lowest BCUT2D eigenvalue weighted by Crippen LogP contribution is -2.44. The molecule has 3 amide bonds. The van der Waals surface area contributed by atoms with E-state index in [0.717, 1.165) is 6.42 Å². The van der Waals surface area contributed by atoms with Gasteiger partial charge in [0, 0.05) is 50.2 Å². The van der Waals surface area contributed by atoms with Gasteiger partial charge in [-0.25, -0.2) is 0 Å². The molecule has 0 N–H and O–H groups in total. The number of hydrogen-bond acceptors (Lipinski definition) is 4. The molecule has 2 fully saturated rings.